The molecule has 0 rings (SSSR count). The third-order valence-corrected chi connectivity index (χ3v) is 1.70. The van der Waals surface area contributed by atoms with Gasteiger partial charge in [-0.05, 0) is 26.4 Å². The van der Waals surface area contributed by atoms with E-state index in [1.54, 1.807) is 0 Å². The molecule has 0 aromatic heterocycles. The lowest BCUT2D eigenvalue weighted by molar-refractivity contribution is 1.11. The van der Waals surface area contributed by atoms with E-state index in [-0.39, 0.29) is 0 Å². The summed E-state index contributed by atoms with van der Waals surface area (Å²) >= 11 is 0. The molecule has 0 aliphatic carbocycles. The molecule has 0 aromatic rings. The largest absolute Gasteiger partial charge is 0.112 e. The Hall–Kier alpha value is -0.0900. The number of allylic oxidation sites excluding steroid dienone is 2. The van der Waals surface area contributed by atoms with E-state index in [0.29, 0.717) is 0 Å². The Morgan fingerprint density at radius 3 is 2.75 bits per heavy atom. The molecule has 46 valence electrons. The van der Waals surface area contributed by atoms with Crippen LogP contribution < -0.4 is 0 Å². The zero-order valence-corrected chi connectivity index (χ0v) is 6.54. The SMILES string of the molecule is C=PCCC(C)=CC. The smallest absolute Gasteiger partial charge is 0.00748 e. The van der Waals surface area contributed by atoms with Crippen molar-refractivity contribution < 1.29 is 0 Å². The van der Waals surface area contributed by atoms with Gasteiger partial charge in [-0.2, -0.15) is 0 Å². The third-order valence-electron chi connectivity index (χ3n) is 1.16. The van der Waals surface area contributed by atoms with Gasteiger partial charge in [0.1, 0.15) is 0 Å². The minimum absolute atomic E-state index is 1.20. The Kier molecular flexibility index (Phi) is 5.00. The van der Waals surface area contributed by atoms with Gasteiger partial charge in [0.25, 0.3) is 0 Å². The molecule has 0 heterocycles. The molecule has 0 saturated heterocycles. The highest BCUT2D eigenvalue weighted by molar-refractivity contribution is 7.36. The minimum atomic E-state index is 1.20. The highest BCUT2D eigenvalue weighted by atomic mass is 31.1. The van der Waals surface area contributed by atoms with Crippen LogP contribution >= 0.6 is 8.20 Å². The van der Waals surface area contributed by atoms with Crippen LogP contribution in [0.25, 0.3) is 0 Å². The molecule has 0 spiro atoms. The molecule has 0 N–H and O–H groups in total. The maximum atomic E-state index is 3.74. The molecule has 0 nitrogen and oxygen atoms in total. The van der Waals surface area contributed by atoms with Gasteiger partial charge >= 0.3 is 0 Å². The number of hydrogen-bond acceptors (Lipinski definition) is 0. The van der Waals surface area contributed by atoms with E-state index in [4.69, 9.17) is 0 Å². The average molecular weight is 128 g/mol. The fraction of sp³-hybridized carbons (Fsp3) is 0.571. The van der Waals surface area contributed by atoms with Crippen molar-refractivity contribution in [3.05, 3.63) is 11.6 Å². The fourth-order valence-electron chi connectivity index (χ4n) is 0.400. The summed E-state index contributed by atoms with van der Waals surface area (Å²) in [5.74, 6) is 0. The second-order valence-corrected chi connectivity index (χ2v) is 2.73. The summed E-state index contributed by atoms with van der Waals surface area (Å²) in [5, 5.41) is 0. The van der Waals surface area contributed by atoms with E-state index < -0.39 is 0 Å². The molecule has 0 atom stereocenters. The van der Waals surface area contributed by atoms with Crippen LogP contribution in [-0.4, -0.2) is 12.5 Å². The number of hydrogen-bond donors (Lipinski definition) is 0. The van der Waals surface area contributed by atoms with Gasteiger partial charge in [-0.3, -0.25) is 0 Å². The van der Waals surface area contributed by atoms with Gasteiger partial charge in [-0.25, -0.2) is 0 Å². The van der Waals surface area contributed by atoms with Gasteiger partial charge in [0.15, 0.2) is 0 Å². The van der Waals surface area contributed by atoms with Crippen LogP contribution in [0.2, 0.25) is 0 Å². The molecule has 0 unspecified atom stereocenters. The average Bonchev–Trinajstić information content (AvgIpc) is 1.83. The first kappa shape index (κ1) is 7.91. The normalized spacial score (nSPS) is 12.5. The molecule has 0 aliphatic heterocycles. The van der Waals surface area contributed by atoms with Crippen molar-refractivity contribution in [2.45, 2.75) is 20.3 Å². The summed E-state index contributed by atoms with van der Waals surface area (Å²) in [6.45, 7) is 4.24. The van der Waals surface area contributed by atoms with Crippen LogP contribution in [0.4, 0.5) is 0 Å². The third kappa shape index (κ3) is 4.08. The summed E-state index contributed by atoms with van der Waals surface area (Å²) < 4.78 is 0. The van der Waals surface area contributed by atoms with Crippen molar-refractivity contribution in [1.82, 2.24) is 0 Å². The first-order chi connectivity index (χ1) is 3.81. The van der Waals surface area contributed by atoms with E-state index in [0.717, 1.165) is 0 Å². The Labute approximate surface area is 53.4 Å². The molecule has 1 heteroatoms. The first-order valence-corrected chi connectivity index (χ1v) is 4.12. The molecule has 0 fully saturated rings. The molecular weight excluding hydrogens is 115 g/mol. The van der Waals surface area contributed by atoms with Gasteiger partial charge in [0.05, 0.1) is 0 Å². The maximum Gasteiger partial charge on any atom is -0.00748 e. The molecular formula is C7H13P. The van der Waals surface area contributed by atoms with Crippen LogP contribution in [0.5, 0.6) is 0 Å². The van der Waals surface area contributed by atoms with Crippen molar-refractivity contribution in [2.75, 3.05) is 6.16 Å². The fourth-order valence-corrected chi connectivity index (χ4v) is 0.911. The number of rotatable bonds is 3. The predicted molar refractivity (Wildman–Crippen MR) is 43.0 cm³/mol. The first-order valence-electron chi connectivity index (χ1n) is 2.85. The Morgan fingerprint density at radius 2 is 2.38 bits per heavy atom. The summed E-state index contributed by atoms with van der Waals surface area (Å²) in [4.78, 5) is 0. The van der Waals surface area contributed by atoms with Crippen LogP contribution in [0.3, 0.4) is 0 Å². The summed E-state index contributed by atoms with van der Waals surface area (Å²) in [6.07, 6.45) is 8.31. The van der Waals surface area contributed by atoms with Crippen LogP contribution in [0.15, 0.2) is 11.6 Å². The van der Waals surface area contributed by atoms with Crippen LogP contribution in [0.1, 0.15) is 20.3 Å². The molecule has 0 bridgehead atoms. The lowest BCUT2D eigenvalue weighted by atomic mass is 10.2. The van der Waals surface area contributed by atoms with Crippen molar-refractivity contribution in [3.63, 3.8) is 0 Å². The topological polar surface area (TPSA) is 0 Å². The van der Waals surface area contributed by atoms with Crippen LogP contribution in [-0.2, 0) is 0 Å². The van der Waals surface area contributed by atoms with Crippen molar-refractivity contribution >= 4 is 14.5 Å². The second-order valence-electron chi connectivity index (χ2n) is 1.83. The summed E-state index contributed by atoms with van der Waals surface area (Å²) in [6, 6.07) is 0. The lowest BCUT2D eigenvalue weighted by Crippen LogP contribution is -1.75. The quantitative estimate of drug-likeness (QED) is 0.405. The van der Waals surface area contributed by atoms with E-state index in [9.17, 15) is 0 Å². The highest BCUT2D eigenvalue weighted by Gasteiger charge is 1.82. The lowest BCUT2D eigenvalue weighted by Gasteiger charge is -1.91. The monoisotopic (exact) mass is 128 g/mol. The zero-order valence-electron chi connectivity index (χ0n) is 5.65. The highest BCUT2D eigenvalue weighted by Crippen LogP contribution is 2.03. The van der Waals surface area contributed by atoms with E-state index in [1.807, 2.05) is 0 Å². The maximum absolute atomic E-state index is 3.74. The van der Waals surface area contributed by atoms with Gasteiger partial charge in [0, 0.05) is 0 Å². The Balaban J connectivity index is 3.24. The predicted octanol–water partition coefficient (Wildman–Crippen LogP) is 2.72. The van der Waals surface area contributed by atoms with Crippen molar-refractivity contribution in [1.29, 1.82) is 0 Å². The second kappa shape index (κ2) is 5.05. The molecule has 0 radical (unpaired) electrons. The van der Waals surface area contributed by atoms with E-state index in [1.165, 1.54) is 26.4 Å². The Morgan fingerprint density at radius 1 is 1.75 bits per heavy atom. The zero-order chi connectivity index (χ0) is 6.41. The molecule has 0 saturated carbocycles. The van der Waals surface area contributed by atoms with Crippen molar-refractivity contribution in [3.8, 4) is 0 Å². The van der Waals surface area contributed by atoms with Gasteiger partial charge in [0.2, 0.25) is 0 Å². The van der Waals surface area contributed by atoms with Gasteiger partial charge < -0.3 is 0 Å². The molecule has 8 heavy (non-hydrogen) atoms. The van der Waals surface area contributed by atoms with Gasteiger partial charge in [-0.1, -0.05) is 17.9 Å². The van der Waals surface area contributed by atoms with E-state index >= 15 is 0 Å². The Bertz CT molecular complexity index is 92.6. The minimum Gasteiger partial charge on any atom is -0.112 e. The molecule has 0 aromatic carbocycles. The molecule has 0 amide bonds. The summed E-state index contributed by atoms with van der Waals surface area (Å²) in [5.41, 5.74) is 1.47. The van der Waals surface area contributed by atoms with Crippen molar-refractivity contribution in [2.24, 2.45) is 0 Å². The summed E-state index contributed by atoms with van der Waals surface area (Å²) in [7, 11) is 1.26. The standard InChI is InChI=1S/C7H13P/c1-4-7(2)5-6-8-3/h4H,3,5-6H2,1-2H3. The van der Waals surface area contributed by atoms with Gasteiger partial charge in [-0.15, -0.1) is 8.20 Å². The molecule has 0 aliphatic rings. The van der Waals surface area contributed by atoms with E-state index in [2.05, 4.69) is 26.2 Å². The van der Waals surface area contributed by atoms with Crippen LogP contribution in [0, 0.1) is 0 Å².